The molecule has 2 aromatic rings. The Labute approximate surface area is 105 Å². The van der Waals surface area contributed by atoms with Gasteiger partial charge in [0.1, 0.15) is 5.82 Å². The Balaban J connectivity index is 2.45. The summed E-state index contributed by atoms with van der Waals surface area (Å²) >= 11 is 4.72. The summed E-state index contributed by atoms with van der Waals surface area (Å²) in [4.78, 5) is 0. The van der Waals surface area contributed by atoms with Gasteiger partial charge in [0.05, 0.1) is 10.5 Å². The fourth-order valence-corrected chi connectivity index (χ4v) is 2.62. The Hall–Kier alpha value is -0.750. The largest absolute Gasteiger partial charge is 0.271 e. The average molecular weight is 301 g/mol. The van der Waals surface area contributed by atoms with Gasteiger partial charge >= 0.3 is 0 Å². The minimum Gasteiger partial charge on any atom is -0.271 e. The molecule has 16 heavy (non-hydrogen) atoms. The number of benzene rings is 1. The van der Waals surface area contributed by atoms with Crippen molar-refractivity contribution in [2.75, 3.05) is 0 Å². The summed E-state index contributed by atoms with van der Waals surface area (Å²) < 4.78 is 14.3. The molecule has 0 aliphatic heterocycles. The van der Waals surface area contributed by atoms with Crippen LogP contribution in [0.4, 0.5) is 4.39 Å². The molecule has 2 rings (SSSR count). The molecule has 0 spiro atoms. The number of rotatable bonds is 3. The highest BCUT2D eigenvalue weighted by Crippen LogP contribution is 2.28. The van der Waals surface area contributed by atoms with Crippen LogP contribution in [0.1, 0.15) is 17.2 Å². The van der Waals surface area contributed by atoms with E-state index in [1.807, 2.05) is 16.8 Å². The lowest BCUT2D eigenvalue weighted by atomic mass is 10.0. The minimum atomic E-state index is -0.316. The molecule has 0 saturated carbocycles. The molecule has 0 fully saturated rings. The van der Waals surface area contributed by atoms with Crippen LogP contribution in [0.5, 0.6) is 0 Å². The van der Waals surface area contributed by atoms with Crippen molar-refractivity contribution in [2.24, 2.45) is 5.84 Å². The second-order valence-electron chi connectivity index (χ2n) is 3.30. The Bertz CT molecular complexity index is 473. The zero-order valence-electron chi connectivity index (χ0n) is 8.28. The monoisotopic (exact) mass is 300 g/mol. The van der Waals surface area contributed by atoms with Crippen LogP contribution in [0, 0.1) is 5.82 Å². The first kappa shape index (κ1) is 11.7. The molecule has 0 radical (unpaired) electrons. The lowest BCUT2D eigenvalue weighted by Crippen LogP contribution is -2.29. The summed E-state index contributed by atoms with van der Waals surface area (Å²) in [6.45, 7) is 0. The number of halogens is 2. The van der Waals surface area contributed by atoms with Crippen molar-refractivity contribution in [1.29, 1.82) is 0 Å². The van der Waals surface area contributed by atoms with Gasteiger partial charge in [0.2, 0.25) is 0 Å². The van der Waals surface area contributed by atoms with Crippen molar-refractivity contribution >= 4 is 27.3 Å². The number of hydrogen-bond acceptors (Lipinski definition) is 3. The van der Waals surface area contributed by atoms with Crippen molar-refractivity contribution in [3.05, 3.63) is 56.4 Å². The van der Waals surface area contributed by atoms with Gasteiger partial charge in [0, 0.05) is 5.56 Å². The molecule has 1 aromatic heterocycles. The average Bonchev–Trinajstić information content (AvgIpc) is 2.79. The van der Waals surface area contributed by atoms with Gasteiger partial charge in [-0.1, -0.05) is 12.1 Å². The van der Waals surface area contributed by atoms with Crippen molar-refractivity contribution in [3.63, 3.8) is 0 Å². The molecular formula is C11H10BrFN2S. The van der Waals surface area contributed by atoms with Gasteiger partial charge < -0.3 is 0 Å². The van der Waals surface area contributed by atoms with E-state index in [1.165, 1.54) is 0 Å². The van der Waals surface area contributed by atoms with Gasteiger partial charge in [-0.15, -0.1) is 0 Å². The highest BCUT2D eigenvalue weighted by Gasteiger charge is 2.18. The first-order chi connectivity index (χ1) is 7.74. The van der Waals surface area contributed by atoms with Crippen LogP contribution in [0.2, 0.25) is 0 Å². The molecule has 0 aliphatic rings. The number of thiophene rings is 1. The maximum Gasteiger partial charge on any atom is 0.142 e. The predicted molar refractivity (Wildman–Crippen MR) is 67.6 cm³/mol. The molecule has 1 unspecified atom stereocenters. The van der Waals surface area contributed by atoms with Crippen LogP contribution in [0.25, 0.3) is 0 Å². The molecule has 1 heterocycles. The molecule has 0 saturated heterocycles. The van der Waals surface area contributed by atoms with E-state index >= 15 is 0 Å². The third kappa shape index (κ3) is 2.17. The van der Waals surface area contributed by atoms with Gasteiger partial charge in [-0.2, -0.15) is 11.3 Å². The van der Waals surface area contributed by atoms with Crippen LogP contribution in [0.15, 0.2) is 39.5 Å². The van der Waals surface area contributed by atoms with Crippen LogP contribution in [0.3, 0.4) is 0 Å². The molecule has 2 nitrogen and oxygen atoms in total. The molecule has 0 bridgehead atoms. The minimum absolute atomic E-state index is 0.281. The number of hydrogen-bond donors (Lipinski definition) is 2. The molecule has 3 N–H and O–H groups in total. The van der Waals surface area contributed by atoms with Gasteiger partial charge in [0.25, 0.3) is 0 Å². The van der Waals surface area contributed by atoms with Crippen LogP contribution >= 0.6 is 27.3 Å². The van der Waals surface area contributed by atoms with E-state index in [1.54, 1.807) is 29.5 Å². The Morgan fingerprint density at radius 2 is 2.19 bits per heavy atom. The highest BCUT2D eigenvalue weighted by molar-refractivity contribution is 9.10. The highest BCUT2D eigenvalue weighted by atomic mass is 79.9. The second kappa shape index (κ2) is 5.05. The van der Waals surface area contributed by atoms with Crippen molar-refractivity contribution in [3.8, 4) is 0 Å². The predicted octanol–water partition coefficient (Wildman–Crippen LogP) is 3.20. The molecule has 0 amide bonds. The summed E-state index contributed by atoms with van der Waals surface area (Å²) in [5.74, 6) is 5.21. The van der Waals surface area contributed by atoms with Gasteiger partial charge in [-0.25, -0.2) is 9.82 Å². The zero-order valence-corrected chi connectivity index (χ0v) is 10.7. The van der Waals surface area contributed by atoms with Crippen molar-refractivity contribution < 1.29 is 4.39 Å². The summed E-state index contributed by atoms with van der Waals surface area (Å²) in [5, 5.41) is 3.89. The van der Waals surface area contributed by atoms with E-state index < -0.39 is 0 Å². The summed E-state index contributed by atoms with van der Waals surface area (Å²) in [5.41, 5.74) is 4.13. The number of nitrogens with one attached hydrogen (secondary N) is 1. The van der Waals surface area contributed by atoms with E-state index in [0.29, 0.717) is 10.0 Å². The SMILES string of the molecule is NNC(c1ccsc1)c1cccc(Br)c1F. The summed E-state index contributed by atoms with van der Waals surface area (Å²) in [7, 11) is 0. The fourth-order valence-electron chi connectivity index (χ4n) is 1.55. The Morgan fingerprint density at radius 3 is 2.81 bits per heavy atom. The van der Waals surface area contributed by atoms with Crippen molar-refractivity contribution in [2.45, 2.75) is 6.04 Å². The molecule has 0 aliphatic carbocycles. The number of nitrogens with two attached hydrogens (primary N) is 1. The molecular weight excluding hydrogens is 291 g/mol. The normalized spacial score (nSPS) is 12.7. The van der Waals surface area contributed by atoms with Crippen LogP contribution < -0.4 is 11.3 Å². The fraction of sp³-hybridized carbons (Fsp3) is 0.0909. The Kier molecular flexibility index (Phi) is 3.70. The van der Waals surface area contributed by atoms with Crippen LogP contribution in [-0.2, 0) is 0 Å². The standard InChI is InChI=1S/C11H10BrFN2S/c12-9-3-1-2-8(10(9)13)11(15-14)7-4-5-16-6-7/h1-6,11,15H,14H2. The van der Waals surface area contributed by atoms with Crippen LogP contribution in [-0.4, -0.2) is 0 Å². The van der Waals surface area contributed by atoms with E-state index in [0.717, 1.165) is 5.56 Å². The lowest BCUT2D eigenvalue weighted by molar-refractivity contribution is 0.556. The van der Waals surface area contributed by atoms with Crippen molar-refractivity contribution in [1.82, 2.24) is 5.43 Å². The Morgan fingerprint density at radius 1 is 1.38 bits per heavy atom. The van der Waals surface area contributed by atoms with E-state index in [2.05, 4.69) is 21.4 Å². The number of hydrazine groups is 1. The van der Waals surface area contributed by atoms with E-state index in [-0.39, 0.29) is 11.9 Å². The topological polar surface area (TPSA) is 38.0 Å². The quantitative estimate of drug-likeness (QED) is 0.675. The second-order valence-corrected chi connectivity index (χ2v) is 4.93. The molecule has 5 heteroatoms. The first-order valence-electron chi connectivity index (χ1n) is 4.66. The zero-order chi connectivity index (χ0) is 11.5. The summed E-state index contributed by atoms with van der Waals surface area (Å²) in [6, 6.07) is 6.79. The first-order valence-corrected chi connectivity index (χ1v) is 6.39. The third-order valence-corrected chi connectivity index (χ3v) is 3.65. The molecule has 1 aromatic carbocycles. The third-order valence-electron chi connectivity index (χ3n) is 2.34. The molecule has 84 valence electrons. The molecule has 1 atom stereocenters. The maximum atomic E-state index is 13.9. The van der Waals surface area contributed by atoms with Gasteiger partial charge in [0.15, 0.2) is 0 Å². The van der Waals surface area contributed by atoms with Gasteiger partial charge in [-0.3, -0.25) is 5.84 Å². The maximum absolute atomic E-state index is 13.9. The summed E-state index contributed by atoms with van der Waals surface area (Å²) in [6.07, 6.45) is 0. The smallest absolute Gasteiger partial charge is 0.142 e. The van der Waals surface area contributed by atoms with Gasteiger partial charge in [-0.05, 0) is 44.4 Å². The van der Waals surface area contributed by atoms with E-state index in [9.17, 15) is 4.39 Å². The lowest BCUT2D eigenvalue weighted by Gasteiger charge is -2.16. The van der Waals surface area contributed by atoms with E-state index in [4.69, 9.17) is 5.84 Å².